The van der Waals surface area contributed by atoms with Gasteiger partial charge in [-0.2, -0.15) is 0 Å². The Morgan fingerprint density at radius 1 is 1.29 bits per heavy atom. The number of aromatic nitrogens is 1. The highest BCUT2D eigenvalue weighted by Gasteiger charge is 2.08. The van der Waals surface area contributed by atoms with Gasteiger partial charge < -0.3 is 15.4 Å². The van der Waals surface area contributed by atoms with Crippen LogP contribution in [0.1, 0.15) is 20.3 Å². The molecule has 1 amide bonds. The van der Waals surface area contributed by atoms with Crippen molar-refractivity contribution in [2.75, 3.05) is 17.2 Å². The molecule has 1 atom stereocenters. The predicted molar refractivity (Wildman–Crippen MR) is 98.2 cm³/mol. The minimum Gasteiger partial charge on any atom is -0.482 e. The minimum atomic E-state index is -0.323. The molecule has 1 heterocycles. The SMILES string of the molecule is CCC(C)Nc1ccc(NC(=O)COc2ccc(Cl)cc2Cl)nc1. The second kappa shape index (κ2) is 8.76. The first kappa shape index (κ1) is 18.4. The summed E-state index contributed by atoms with van der Waals surface area (Å²) in [6, 6.07) is 8.78. The molecular weight excluding hydrogens is 349 g/mol. The number of amides is 1. The molecule has 1 aromatic heterocycles. The zero-order chi connectivity index (χ0) is 17.5. The number of ether oxygens (including phenoxy) is 1. The quantitative estimate of drug-likeness (QED) is 0.749. The van der Waals surface area contributed by atoms with Crippen molar-refractivity contribution in [1.29, 1.82) is 0 Å². The molecule has 0 aliphatic carbocycles. The zero-order valence-electron chi connectivity index (χ0n) is 13.5. The van der Waals surface area contributed by atoms with Crippen LogP contribution < -0.4 is 15.4 Å². The van der Waals surface area contributed by atoms with Gasteiger partial charge in [-0.15, -0.1) is 0 Å². The summed E-state index contributed by atoms with van der Waals surface area (Å²) in [6.07, 6.45) is 2.70. The van der Waals surface area contributed by atoms with Gasteiger partial charge in [-0.25, -0.2) is 4.98 Å². The molecule has 7 heteroatoms. The Morgan fingerprint density at radius 2 is 2.08 bits per heavy atom. The first-order chi connectivity index (χ1) is 11.5. The van der Waals surface area contributed by atoms with Gasteiger partial charge in [0.25, 0.3) is 5.91 Å². The molecule has 0 radical (unpaired) electrons. The maximum absolute atomic E-state index is 11.9. The van der Waals surface area contributed by atoms with Crippen molar-refractivity contribution in [3.8, 4) is 5.75 Å². The van der Waals surface area contributed by atoms with Crippen LogP contribution in [0, 0.1) is 0 Å². The van der Waals surface area contributed by atoms with Gasteiger partial charge in [-0.1, -0.05) is 30.1 Å². The summed E-state index contributed by atoms with van der Waals surface area (Å²) in [4.78, 5) is 16.1. The third-order valence-electron chi connectivity index (χ3n) is 3.31. The number of benzene rings is 1. The topological polar surface area (TPSA) is 63.2 Å². The van der Waals surface area contributed by atoms with E-state index in [1.54, 1.807) is 30.5 Å². The van der Waals surface area contributed by atoms with E-state index in [9.17, 15) is 4.79 Å². The number of rotatable bonds is 7. The van der Waals surface area contributed by atoms with E-state index in [1.165, 1.54) is 0 Å². The van der Waals surface area contributed by atoms with Gasteiger partial charge in [0.2, 0.25) is 0 Å². The fourth-order valence-electron chi connectivity index (χ4n) is 1.85. The second-order valence-corrected chi connectivity index (χ2v) is 6.14. The van der Waals surface area contributed by atoms with Gasteiger partial charge in [0, 0.05) is 11.1 Å². The molecule has 5 nitrogen and oxygen atoms in total. The van der Waals surface area contributed by atoms with E-state index >= 15 is 0 Å². The Morgan fingerprint density at radius 3 is 2.71 bits per heavy atom. The second-order valence-electron chi connectivity index (χ2n) is 5.30. The van der Waals surface area contributed by atoms with Crippen molar-refractivity contribution in [2.45, 2.75) is 26.3 Å². The Bertz CT molecular complexity index is 693. The predicted octanol–water partition coefficient (Wildman–Crippen LogP) is 4.62. The number of pyridine rings is 1. The van der Waals surface area contributed by atoms with Crippen molar-refractivity contribution in [2.24, 2.45) is 0 Å². The van der Waals surface area contributed by atoms with Gasteiger partial charge in [-0.05, 0) is 43.7 Å². The zero-order valence-corrected chi connectivity index (χ0v) is 15.0. The molecule has 0 saturated heterocycles. The maximum Gasteiger partial charge on any atom is 0.263 e. The van der Waals surface area contributed by atoms with Crippen LogP contribution >= 0.6 is 23.2 Å². The van der Waals surface area contributed by atoms with E-state index in [0.717, 1.165) is 12.1 Å². The molecule has 0 saturated carbocycles. The number of nitrogens with one attached hydrogen (secondary N) is 2. The van der Waals surface area contributed by atoms with Gasteiger partial charge >= 0.3 is 0 Å². The smallest absolute Gasteiger partial charge is 0.263 e. The minimum absolute atomic E-state index is 0.171. The Hall–Kier alpha value is -1.98. The van der Waals surface area contributed by atoms with E-state index in [2.05, 4.69) is 29.5 Å². The number of halogens is 2. The van der Waals surface area contributed by atoms with E-state index in [-0.39, 0.29) is 12.5 Å². The van der Waals surface area contributed by atoms with Crippen LogP contribution in [0.5, 0.6) is 5.75 Å². The van der Waals surface area contributed by atoms with Crippen molar-refractivity contribution >= 4 is 40.6 Å². The van der Waals surface area contributed by atoms with Gasteiger partial charge in [0.15, 0.2) is 6.61 Å². The first-order valence-corrected chi connectivity index (χ1v) is 8.33. The van der Waals surface area contributed by atoms with E-state index in [0.29, 0.717) is 27.7 Å². The molecule has 1 unspecified atom stereocenters. The molecule has 0 fully saturated rings. The summed E-state index contributed by atoms with van der Waals surface area (Å²) in [5.74, 6) is 0.536. The Labute approximate surface area is 151 Å². The average Bonchev–Trinajstić information content (AvgIpc) is 2.55. The van der Waals surface area contributed by atoms with Crippen molar-refractivity contribution in [1.82, 2.24) is 4.98 Å². The van der Waals surface area contributed by atoms with Gasteiger partial charge in [0.05, 0.1) is 16.9 Å². The fourth-order valence-corrected chi connectivity index (χ4v) is 2.32. The number of carbonyl (C=O) groups is 1. The number of carbonyl (C=O) groups excluding carboxylic acids is 1. The maximum atomic E-state index is 11.9. The molecule has 2 rings (SSSR count). The van der Waals surface area contributed by atoms with Crippen LogP contribution in [0.4, 0.5) is 11.5 Å². The fraction of sp³-hybridized carbons (Fsp3) is 0.294. The number of anilines is 2. The van der Waals surface area contributed by atoms with Gasteiger partial charge in [-0.3, -0.25) is 4.79 Å². The van der Waals surface area contributed by atoms with Crippen LogP contribution in [-0.2, 0) is 4.79 Å². The third kappa shape index (κ3) is 5.58. The molecule has 0 bridgehead atoms. The van der Waals surface area contributed by atoms with E-state index in [1.807, 2.05) is 6.07 Å². The molecule has 2 N–H and O–H groups in total. The third-order valence-corrected chi connectivity index (χ3v) is 3.84. The molecule has 2 aromatic rings. The lowest BCUT2D eigenvalue weighted by atomic mass is 10.2. The van der Waals surface area contributed by atoms with Crippen molar-refractivity contribution in [3.63, 3.8) is 0 Å². The normalized spacial score (nSPS) is 11.7. The standard InChI is InChI=1S/C17H19Cl2N3O2/c1-3-11(2)21-13-5-7-16(20-9-13)22-17(23)10-24-15-6-4-12(18)8-14(15)19/h4-9,11,21H,3,10H2,1-2H3,(H,20,22,23). The van der Waals surface area contributed by atoms with E-state index < -0.39 is 0 Å². The lowest BCUT2D eigenvalue weighted by Crippen LogP contribution is -2.21. The van der Waals surface area contributed by atoms with Crippen LogP contribution in [0.3, 0.4) is 0 Å². The molecule has 24 heavy (non-hydrogen) atoms. The highest BCUT2D eigenvalue weighted by atomic mass is 35.5. The number of nitrogens with zero attached hydrogens (tertiary/aromatic N) is 1. The van der Waals surface area contributed by atoms with Crippen molar-refractivity contribution in [3.05, 3.63) is 46.6 Å². The summed E-state index contributed by atoms with van der Waals surface area (Å²) in [5.41, 5.74) is 0.909. The average molecular weight is 368 g/mol. The molecule has 128 valence electrons. The summed E-state index contributed by atoms with van der Waals surface area (Å²) in [6.45, 7) is 4.03. The van der Waals surface area contributed by atoms with Crippen LogP contribution in [-0.4, -0.2) is 23.5 Å². The highest BCUT2D eigenvalue weighted by molar-refractivity contribution is 6.35. The van der Waals surface area contributed by atoms with Crippen LogP contribution in [0.15, 0.2) is 36.5 Å². The Balaban J connectivity index is 1.85. The monoisotopic (exact) mass is 367 g/mol. The lowest BCUT2D eigenvalue weighted by Gasteiger charge is -2.13. The number of hydrogen-bond donors (Lipinski definition) is 2. The van der Waals surface area contributed by atoms with Crippen LogP contribution in [0.2, 0.25) is 10.0 Å². The first-order valence-electron chi connectivity index (χ1n) is 7.58. The highest BCUT2D eigenvalue weighted by Crippen LogP contribution is 2.27. The molecule has 1 aromatic carbocycles. The van der Waals surface area contributed by atoms with Crippen LogP contribution in [0.25, 0.3) is 0 Å². The summed E-state index contributed by atoms with van der Waals surface area (Å²) in [5, 5.41) is 6.83. The molecular formula is C17H19Cl2N3O2. The largest absolute Gasteiger partial charge is 0.482 e. The van der Waals surface area contributed by atoms with Crippen molar-refractivity contribution < 1.29 is 9.53 Å². The Kier molecular flexibility index (Phi) is 6.70. The van der Waals surface area contributed by atoms with Gasteiger partial charge in [0.1, 0.15) is 11.6 Å². The number of hydrogen-bond acceptors (Lipinski definition) is 4. The molecule has 0 aliphatic rings. The lowest BCUT2D eigenvalue weighted by molar-refractivity contribution is -0.118. The molecule has 0 aliphatic heterocycles. The summed E-state index contributed by atoms with van der Waals surface area (Å²) in [7, 11) is 0. The summed E-state index contributed by atoms with van der Waals surface area (Å²) >= 11 is 11.8. The summed E-state index contributed by atoms with van der Waals surface area (Å²) < 4.78 is 5.37. The van der Waals surface area contributed by atoms with E-state index in [4.69, 9.17) is 27.9 Å². The molecule has 0 spiro atoms.